The van der Waals surface area contributed by atoms with Crippen molar-refractivity contribution in [3.05, 3.63) is 17.2 Å². The highest BCUT2D eigenvalue weighted by Crippen LogP contribution is 2.32. The Hall–Kier alpha value is -0.830. The lowest BCUT2D eigenvalue weighted by atomic mass is 9.82. The molecule has 1 saturated carbocycles. The zero-order valence-corrected chi connectivity index (χ0v) is 13.3. The minimum atomic E-state index is 0.529. The van der Waals surface area contributed by atoms with Crippen LogP contribution in [0.1, 0.15) is 69.6 Å². The molecule has 1 aliphatic carbocycles. The van der Waals surface area contributed by atoms with Gasteiger partial charge in [-0.1, -0.05) is 33.6 Å². The van der Waals surface area contributed by atoms with Crippen molar-refractivity contribution in [2.24, 2.45) is 11.8 Å². The first-order chi connectivity index (χ1) is 9.65. The van der Waals surface area contributed by atoms with Gasteiger partial charge in [-0.15, -0.1) is 0 Å². The first-order valence-electron chi connectivity index (χ1n) is 8.44. The van der Waals surface area contributed by atoms with Crippen molar-refractivity contribution in [3.8, 4) is 0 Å². The predicted molar refractivity (Wildman–Crippen MR) is 82.8 cm³/mol. The third-order valence-electron chi connectivity index (χ3n) is 5.02. The largest absolute Gasteiger partial charge is 0.331 e. The molecule has 3 nitrogen and oxygen atoms in total. The first-order valence-corrected chi connectivity index (χ1v) is 8.44. The van der Waals surface area contributed by atoms with E-state index in [9.17, 15) is 0 Å². The number of nitrogens with one attached hydrogen (secondary N) is 1. The highest BCUT2D eigenvalue weighted by Gasteiger charge is 2.25. The van der Waals surface area contributed by atoms with E-state index < -0.39 is 0 Å². The average Bonchev–Trinajstić information content (AvgIpc) is 2.78. The maximum absolute atomic E-state index is 4.94. The molecule has 0 aromatic carbocycles. The molecular formula is C17H29N3. The Labute approximate surface area is 123 Å². The van der Waals surface area contributed by atoms with Crippen molar-refractivity contribution in [2.75, 3.05) is 6.54 Å². The normalized spacial score (nSPS) is 26.8. The van der Waals surface area contributed by atoms with E-state index in [0.717, 1.165) is 31.3 Å². The smallest absolute Gasteiger partial charge is 0.111 e. The van der Waals surface area contributed by atoms with Crippen LogP contribution in [0.4, 0.5) is 0 Å². The molecule has 2 unspecified atom stereocenters. The summed E-state index contributed by atoms with van der Waals surface area (Å²) in [6.07, 6.45) is 6.81. The number of hydrogen-bond donors (Lipinski definition) is 1. The average molecular weight is 275 g/mol. The fourth-order valence-electron chi connectivity index (χ4n) is 4.02. The summed E-state index contributed by atoms with van der Waals surface area (Å²) in [7, 11) is 0. The molecule has 0 saturated heterocycles. The molecule has 0 amide bonds. The van der Waals surface area contributed by atoms with Gasteiger partial charge in [0.25, 0.3) is 0 Å². The summed E-state index contributed by atoms with van der Waals surface area (Å²) in [5, 5.41) is 3.46. The van der Waals surface area contributed by atoms with Crippen molar-refractivity contribution in [1.82, 2.24) is 14.9 Å². The topological polar surface area (TPSA) is 29.9 Å². The molecule has 3 heteroatoms. The van der Waals surface area contributed by atoms with Gasteiger partial charge in [0.05, 0.1) is 5.69 Å². The highest BCUT2D eigenvalue weighted by atomic mass is 15.1. The van der Waals surface area contributed by atoms with E-state index >= 15 is 0 Å². The summed E-state index contributed by atoms with van der Waals surface area (Å²) in [6.45, 7) is 10.3. The van der Waals surface area contributed by atoms with Crippen LogP contribution in [-0.2, 0) is 19.5 Å². The van der Waals surface area contributed by atoms with E-state index in [0.29, 0.717) is 5.92 Å². The number of hydrogen-bond acceptors (Lipinski definition) is 2. The van der Waals surface area contributed by atoms with E-state index in [-0.39, 0.29) is 0 Å². The van der Waals surface area contributed by atoms with Gasteiger partial charge in [-0.2, -0.15) is 0 Å². The molecule has 0 bridgehead atoms. The van der Waals surface area contributed by atoms with Crippen LogP contribution in [0, 0.1) is 11.8 Å². The van der Waals surface area contributed by atoms with Crippen molar-refractivity contribution in [1.29, 1.82) is 0 Å². The Bertz CT molecular complexity index is 461. The van der Waals surface area contributed by atoms with Crippen LogP contribution in [-0.4, -0.2) is 16.1 Å². The third-order valence-corrected chi connectivity index (χ3v) is 5.02. The Balaban J connectivity index is 1.85. The minimum Gasteiger partial charge on any atom is -0.331 e. The number of fused-ring (bicyclic) bond motifs is 1. The number of imidazole rings is 1. The standard InChI is InChI=1S/C17H29N3/c1-12(2)17-19-15-10-18-8-7-16(15)20(17)11-14-6-4-5-13(3)9-14/h12-14,18H,4-11H2,1-3H3. The van der Waals surface area contributed by atoms with E-state index in [1.165, 1.54) is 49.4 Å². The summed E-state index contributed by atoms with van der Waals surface area (Å²) in [4.78, 5) is 4.94. The monoisotopic (exact) mass is 275 g/mol. The van der Waals surface area contributed by atoms with Gasteiger partial charge < -0.3 is 9.88 Å². The molecule has 1 aromatic rings. The second kappa shape index (κ2) is 5.88. The molecule has 3 rings (SSSR count). The van der Waals surface area contributed by atoms with E-state index in [2.05, 4.69) is 30.7 Å². The van der Waals surface area contributed by atoms with Crippen LogP contribution >= 0.6 is 0 Å². The SMILES string of the molecule is CC1CCCC(Cn2c(C(C)C)nc3c2CCNC3)C1. The molecule has 20 heavy (non-hydrogen) atoms. The zero-order valence-electron chi connectivity index (χ0n) is 13.3. The molecule has 0 spiro atoms. The summed E-state index contributed by atoms with van der Waals surface area (Å²) in [6, 6.07) is 0. The highest BCUT2D eigenvalue weighted by molar-refractivity contribution is 5.21. The maximum atomic E-state index is 4.94. The zero-order chi connectivity index (χ0) is 14.1. The summed E-state index contributed by atoms with van der Waals surface area (Å²) in [5.41, 5.74) is 2.83. The lowest BCUT2D eigenvalue weighted by molar-refractivity contribution is 0.252. The maximum Gasteiger partial charge on any atom is 0.111 e. The number of aromatic nitrogens is 2. The van der Waals surface area contributed by atoms with Gasteiger partial charge in [0.1, 0.15) is 5.82 Å². The molecule has 1 fully saturated rings. The lowest BCUT2D eigenvalue weighted by Gasteiger charge is -2.29. The molecule has 1 aliphatic heterocycles. The second-order valence-corrected chi connectivity index (χ2v) is 7.19. The second-order valence-electron chi connectivity index (χ2n) is 7.19. The van der Waals surface area contributed by atoms with Crippen LogP contribution in [0.2, 0.25) is 0 Å². The van der Waals surface area contributed by atoms with Crippen molar-refractivity contribution >= 4 is 0 Å². The predicted octanol–water partition coefficient (Wildman–Crippen LogP) is 3.48. The van der Waals surface area contributed by atoms with Crippen LogP contribution in [0.5, 0.6) is 0 Å². The minimum absolute atomic E-state index is 0.529. The Morgan fingerprint density at radius 2 is 2.20 bits per heavy atom. The molecule has 0 radical (unpaired) electrons. The van der Waals surface area contributed by atoms with Crippen LogP contribution in [0.15, 0.2) is 0 Å². The van der Waals surface area contributed by atoms with Crippen molar-refractivity contribution in [3.63, 3.8) is 0 Å². The lowest BCUT2D eigenvalue weighted by Crippen LogP contribution is -2.27. The van der Waals surface area contributed by atoms with E-state index in [1.54, 1.807) is 0 Å². The van der Waals surface area contributed by atoms with Gasteiger partial charge in [0.2, 0.25) is 0 Å². The van der Waals surface area contributed by atoms with Crippen molar-refractivity contribution in [2.45, 2.75) is 71.9 Å². The molecule has 1 N–H and O–H groups in total. The van der Waals surface area contributed by atoms with Gasteiger partial charge in [-0.05, 0) is 24.7 Å². The number of rotatable bonds is 3. The van der Waals surface area contributed by atoms with Crippen LogP contribution in [0.3, 0.4) is 0 Å². The quantitative estimate of drug-likeness (QED) is 0.915. The molecule has 1 aromatic heterocycles. The summed E-state index contributed by atoms with van der Waals surface area (Å²) >= 11 is 0. The van der Waals surface area contributed by atoms with Gasteiger partial charge in [0.15, 0.2) is 0 Å². The van der Waals surface area contributed by atoms with Gasteiger partial charge in [-0.25, -0.2) is 4.98 Å². The fourth-order valence-corrected chi connectivity index (χ4v) is 4.02. The van der Waals surface area contributed by atoms with E-state index in [1.807, 2.05) is 0 Å². The van der Waals surface area contributed by atoms with Gasteiger partial charge >= 0.3 is 0 Å². The summed E-state index contributed by atoms with van der Waals surface area (Å²) in [5.74, 6) is 3.63. The van der Waals surface area contributed by atoms with Crippen molar-refractivity contribution < 1.29 is 0 Å². The third kappa shape index (κ3) is 2.78. The molecule has 2 atom stereocenters. The molecule has 112 valence electrons. The van der Waals surface area contributed by atoms with E-state index in [4.69, 9.17) is 4.98 Å². The van der Waals surface area contributed by atoms with Gasteiger partial charge in [-0.3, -0.25) is 0 Å². The fraction of sp³-hybridized carbons (Fsp3) is 0.824. The van der Waals surface area contributed by atoms with Gasteiger partial charge in [0, 0.05) is 37.7 Å². The molecular weight excluding hydrogens is 246 g/mol. The Kier molecular flexibility index (Phi) is 4.16. The summed E-state index contributed by atoms with van der Waals surface area (Å²) < 4.78 is 2.59. The first kappa shape index (κ1) is 14.1. The Morgan fingerprint density at radius 3 is 2.95 bits per heavy atom. The van der Waals surface area contributed by atoms with Crippen LogP contribution < -0.4 is 5.32 Å². The molecule has 2 heterocycles. The molecule has 2 aliphatic rings. The Morgan fingerprint density at radius 1 is 1.35 bits per heavy atom. The number of nitrogens with zero attached hydrogens (tertiary/aromatic N) is 2. The van der Waals surface area contributed by atoms with Crippen LogP contribution in [0.25, 0.3) is 0 Å².